The molecule has 2 amide bonds. The molecule has 2 aromatic rings. The molecule has 0 radical (unpaired) electrons. The quantitative estimate of drug-likeness (QED) is 0.510. The topological polar surface area (TPSA) is 76.7 Å². The molecule has 170 valence electrons. The van der Waals surface area contributed by atoms with E-state index in [2.05, 4.69) is 15.4 Å². The lowest BCUT2D eigenvalue weighted by Crippen LogP contribution is -2.24. The first-order chi connectivity index (χ1) is 15.4. The molecule has 0 aliphatic heterocycles. The fourth-order valence-electron chi connectivity index (χ4n) is 3.05. The van der Waals surface area contributed by atoms with Crippen LogP contribution in [0.25, 0.3) is 6.08 Å². The molecule has 32 heavy (non-hydrogen) atoms. The molecule has 3 rings (SSSR count). The van der Waals surface area contributed by atoms with E-state index < -0.39 is 6.61 Å². The second kappa shape index (κ2) is 10.7. The minimum Gasteiger partial charge on any atom is -0.490 e. The lowest BCUT2D eigenvalue weighted by molar-refractivity contribution is -0.118. The summed E-state index contributed by atoms with van der Waals surface area (Å²) in [6.07, 6.45) is 4.81. The SMILES string of the molecule is CCOc1cc(/C=C/C(=O)NC(C)c2ccc(NC(=O)C3CC3)cc2)ccc1OC(F)F. The maximum Gasteiger partial charge on any atom is 0.387 e. The van der Waals surface area contributed by atoms with Gasteiger partial charge in [-0.1, -0.05) is 18.2 Å². The minimum atomic E-state index is -2.95. The van der Waals surface area contributed by atoms with Gasteiger partial charge in [-0.05, 0) is 68.2 Å². The van der Waals surface area contributed by atoms with Gasteiger partial charge in [-0.3, -0.25) is 9.59 Å². The number of amides is 2. The number of anilines is 1. The summed E-state index contributed by atoms with van der Waals surface area (Å²) < 4.78 is 34.8. The van der Waals surface area contributed by atoms with Crippen molar-refractivity contribution in [3.63, 3.8) is 0 Å². The predicted octanol–water partition coefficient (Wildman–Crippen LogP) is 4.93. The van der Waals surface area contributed by atoms with Gasteiger partial charge in [0.2, 0.25) is 11.8 Å². The van der Waals surface area contributed by atoms with Crippen molar-refractivity contribution in [3.8, 4) is 11.5 Å². The highest BCUT2D eigenvalue weighted by molar-refractivity contribution is 5.94. The zero-order valence-electron chi connectivity index (χ0n) is 17.9. The van der Waals surface area contributed by atoms with Gasteiger partial charge < -0.3 is 20.1 Å². The number of carbonyl (C=O) groups excluding carboxylic acids is 2. The molecule has 0 spiro atoms. The Morgan fingerprint density at radius 2 is 1.84 bits per heavy atom. The Labute approximate surface area is 185 Å². The Morgan fingerprint density at radius 1 is 1.12 bits per heavy atom. The molecule has 1 aliphatic carbocycles. The van der Waals surface area contributed by atoms with Gasteiger partial charge in [0.25, 0.3) is 0 Å². The zero-order valence-corrected chi connectivity index (χ0v) is 17.9. The molecule has 8 heteroatoms. The van der Waals surface area contributed by atoms with Crippen molar-refractivity contribution >= 4 is 23.6 Å². The van der Waals surface area contributed by atoms with E-state index in [0.29, 0.717) is 5.56 Å². The zero-order chi connectivity index (χ0) is 23.1. The van der Waals surface area contributed by atoms with Crippen LogP contribution in [0.3, 0.4) is 0 Å². The lowest BCUT2D eigenvalue weighted by Gasteiger charge is -2.14. The summed E-state index contributed by atoms with van der Waals surface area (Å²) in [5, 5.41) is 5.74. The predicted molar refractivity (Wildman–Crippen MR) is 118 cm³/mol. The van der Waals surface area contributed by atoms with Gasteiger partial charge in [-0.2, -0.15) is 8.78 Å². The standard InChI is InChI=1S/C24H26F2N2O4/c1-3-31-21-14-16(4-12-20(21)32-24(25)26)5-13-22(29)27-15(2)17-8-10-19(11-9-17)28-23(30)18-6-7-18/h4-5,8-15,18,24H,3,6-7H2,1-2H3,(H,27,29)(H,28,30)/b13-5+. The summed E-state index contributed by atoms with van der Waals surface area (Å²) in [6.45, 7) is 0.921. The molecule has 1 aliphatic rings. The van der Waals surface area contributed by atoms with Crippen LogP contribution in [0.4, 0.5) is 14.5 Å². The molecule has 6 nitrogen and oxygen atoms in total. The molecular weight excluding hydrogens is 418 g/mol. The van der Waals surface area contributed by atoms with Crippen molar-refractivity contribution in [2.75, 3.05) is 11.9 Å². The summed E-state index contributed by atoms with van der Waals surface area (Å²) in [6, 6.07) is 11.5. The third-order valence-corrected chi connectivity index (χ3v) is 4.90. The van der Waals surface area contributed by atoms with Crippen LogP contribution in [0.15, 0.2) is 48.5 Å². The maximum atomic E-state index is 12.5. The smallest absolute Gasteiger partial charge is 0.387 e. The van der Waals surface area contributed by atoms with E-state index >= 15 is 0 Å². The highest BCUT2D eigenvalue weighted by atomic mass is 19.3. The number of halogens is 2. The number of rotatable bonds is 10. The number of alkyl halides is 2. The van der Waals surface area contributed by atoms with Crippen molar-refractivity contribution in [2.45, 2.75) is 39.3 Å². The van der Waals surface area contributed by atoms with E-state index in [9.17, 15) is 18.4 Å². The number of carbonyl (C=O) groups is 2. The monoisotopic (exact) mass is 444 g/mol. The molecule has 1 unspecified atom stereocenters. The number of hydrogen-bond donors (Lipinski definition) is 2. The fourth-order valence-corrected chi connectivity index (χ4v) is 3.05. The molecule has 2 N–H and O–H groups in total. The molecule has 0 heterocycles. The Kier molecular flexibility index (Phi) is 7.81. The van der Waals surface area contributed by atoms with Gasteiger partial charge in [0.15, 0.2) is 11.5 Å². The van der Waals surface area contributed by atoms with Gasteiger partial charge in [-0.15, -0.1) is 0 Å². The first kappa shape index (κ1) is 23.2. The van der Waals surface area contributed by atoms with Crippen LogP contribution >= 0.6 is 0 Å². The summed E-state index contributed by atoms with van der Waals surface area (Å²) >= 11 is 0. The molecule has 0 saturated heterocycles. The van der Waals surface area contributed by atoms with Crippen molar-refractivity contribution in [1.82, 2.24) is 5.32 Å². The molecule has 1 fully saturated rings. The summed E-state index contributed by atoms with van der Waals surface area (Å²) in [7, 11) is 0. The van der Waals surface area contributed by atoms with Crippen LogP contribution in [-0.2, 0) is 9.59 Å². The van der Waals surface area contributed by atoms with Crippen LogP contribution in [0.1, 0.15) is 43.9 Å². The second-order valence-electron chi connectivity index (χ2n) is 7.47. The van der Waals surface area contributed by atoms with Crippen molar-refractivity contribution < 1.29 is 27.8 Å². The molecule has 0 aromatic heterocycles. The largest absolute Gasteiger partial charge is 0.490 e. The van der Waals surface area contributed by atoms with Crippen molar-refractivity contribution in [2.24, 2.45) is 5.92 Å². The van der Waals surface area contributed by atoms with Gasteiger partial charge in [0, 0.05) is 17.7 Å². The number of benzene rings is 2. The van der Waals surface area contributed by atoms with Crippen LogP contribution < -0.4 is 20.1 Å². The average Bonchev–Trinajstić information content (AvgIpc) is 3.60. The highest BCUT2D eigenvalue weighted by Crippen LogP contribution is 2.31. The van der Waals surface area contributed by atoms with Gasteiger partial charge in [0.05, 0.1) is 12.6 Å². The van der Waals surface area contributed by atoms with Crippen LogP contribution in [0.2, 0.25) is 0 Å². The van der Waals surface area contributed by atoms with E-state index in [1.165, 1.54) is 18.2 Å². The summed E-state index contributed by atoms with van der Waals surface area (Å²) in [5.41, 5.74) is 2.23. The third kappa shape index (κ3) is 6.80. The highest BCUT2D eigenvalue weighted by Gasteiger charge is 2.29. The lowest BCUT2D eigenvalue weighted by atomic mass is 10.1. The van der Waals surface area contributed by atoms with E-state index in [0.717, 1.165) is 24.1 Å². The summed E-state index contributed by atoms with van der Waals surface area (Å²) in [4.78, 5) is 24.1. The normalized spacial score (nSPS) is 14.3. The third-order valence-electron chi connectivity index (χ3n) is 4.90. The van der Waals surface area contributed by atoms with Crippen LogP contribution in [-0.4, -0.2) is 25.0 Å². The van der Waals surface area contributed by atoms with Crippen LogP contribution in [0, 0.1) is 5.92 Å². The number of nitrogens with one attached hydrogen (secondary N) is 2. The second-order valence-corrected chi connectivity index (χ2v) is 7.47. The Bertz CT molecular complexity index is 972. The van der Waals surface area contributed by atoms with Gasteiger partial charge in [0.1, 0.15) is 0 Å². The molecule has 2 aromatic carbocycles. The Morgan fingerprint density at radius 3 is 2.47 bits per heavy atom. The first-order valence-corrected chi connectivity index (χ1v) is 10.5. The number of ether oxygens (including phenoxy) is 2. The Hall–Kier alpha value is -3.42. The number of hydrogen-bond acceptors (Lipinski definition) is 4. The van der Waals surface area contributed by atoms with Gasteiger partial charge >= 0.3 is 6.61 Å². The average molecular weight is 444 g/mol. The van der Waals surface area contributed by atoms with E-state index in [1.54, 1.807) is 19.1 Å². The Balaban J connectivity index is 1.57. The first-order valence-electron chi connectivity index (χ1n) is 10.5. The van der Waals surface area contributed by atoms with Crippen molar-refractivity contribution in [3.05, 3.63) is 59.7 Å². The molecule has 0 bridgehead atoms. The van der Waals surface area contributed by atoms with E-state index in [1.807, 2.05) is 31.2 Å². The van der Waals surface area contributed by atoms with E-state index in [4.69, 9.17) is 4.74 Å². The van der Waals surface area contributed by atoms with Crippen LogP contribution in [0.5, 0.6) is 11.5 Å². The molecular formula is C24H26F2N2O4. The summed E-state index contributed by atoms with van der Waals surface area (Å²) in [5.74, 6) is -0.0104. The molecule has 1 atom stereocenters. The minimum absolute atomic E-state index is 0.0468. The van der Waals surface area contributed by atoms with Crippen molar-refractivity contribution in [1.29, 1.82) is 0 Å². The van der Waals surface area contributed by atoms with Gasteiger partial charge in [-0.25, -0.2) is 0 Å². The van der Waals surface area contributed by atoms with E-state index in [-0.39, 0.29) is 41.9 Å². The molecule has 1 saturated carbocycles. The fraction of sp³-hybridized carbons (Fsp3) is 0.333. The maximum absolute atomic E-state index is 12.5.